The Morgan fingerprint density at radius 1 is 1.14 bits per heavy atom. The van der Waals surface area contributed by atoms with E-state index in [1.807, 2.05) is 30.3 Å². The second kappa shape index (κ2) is 11.2. The van der Waals surface area contributed by atoms with Gasteiger partial charge in [-0.3, -0.25) is 4.79 Å². The number of carbonyl (C=O) groups is 1. The Morgan fingerprint density at radius 3 is 2.52 bits per heavy atom. The van der Waals surface area contributed by atoms with Crippen LogP contribution >= 0.6 is 11.6 Å². The number of hydrogen-bond acceptors (Lipinski definition) is 5. The molecular formula is C20H25ClN2O5S. The maximum absolute atomic E-state index is 13.0. The Kier molecular flexibility index (Phi) is 8.91. The lowest BCUT2D eigenvalue weighted by Gasteiger charge is -2.20. The molecule has 2 rings (SSSR count). The number of rotatable bonds is 11. The molecule has 9 heteroatoms. The minimum Gasteiger partial charge on any atom is -0.495 e. The van der Waals surface area contributed by atoms with E-state index in [1.54, 1.807) is 7.11 Å². The van der Waals surface area contributed by atoms with Gasteiger partial charge in [-0.25, -0.2) is 8.42 Å². The van der Waals surface area contributed by atoms with Crippen LogP contribution in [-0.2, 0) is 26.0 Å². The van der Waals surface area contributed by atoms with Crippen molar-refractivity contribution in [3.63, 3.8) is 0 Å². The van der Waals surface area contributed by atoms with Crippen LogP contribution in [-0.4, -0.2) is 47.7 Å². The van der Waals surface area contributed by atoms with Gasteiger partial charge in [0.25, 0.3) is 0 Å². The number of methoxy groups -OCH3 is 2. The van der Waals surface area contributed by atoms with Gasteiger partial charge < -0.3 is 14.8 Å². The molecule has 0 saturated carbocycles. The van der Waals surface area contributed by atoms with Crippen LogP contribution in [0, 0.1) is 0 Å². The maximum Gasteiger partial charge on any atom is 0.245 e. The lowest BCUT2D eigenvalue weighted by atomic mass is 10.1. The van der Waals surface area contributed by atoms with Crippen molar-refractivity contribution in [3.05, 3.63) is 59.1 Å². The van der Waals surface area contributed by atoms with Gasteiger partial charge in [0.1, 0.15) is 16.7 Å². The van der Waals surface area contributed by atoms with Crippen molar-refractivity contribution in [2.24, 2.45) is 0 Å². The summed E-state index contributed by atoms with van der Waals surface area (Å²) in [5, 5.41) is 2.99. The van der Waals surface area contributed by atoms with Crippen LogP contribution in [0.3, 0.4) is 0 Å². The topological polar surface area (TPSA) is 93.7 Å². The zero-order valence-corrected chi connectivity index (χ0v) is 17.9. The van der Waals surface area contributed by atoms with Crippen LogP contribution in [0.1, 0.15) is 12.0 Å². The van der Waals surface area contributed by atoms with Crippen LogP contribution in [0.2, 0.25) is 5.02 Å². The molecule has 7 nitrogen and oxygen atoms in total. The summed E-state index contributed by atoms with van der Waals surface area (Å²) in [7, 11) is -1.13. The molecule has 0 unspecified atom stereocenters. The minimum absolute atomic E-state index is 0.127. The van der Waals surface area contributed by atoms with Crippen LogP contribution in [0.15, 0.2) is 53.4 Å². The van der Waals surface area contributed by atoms with Gasteiger partial charge in [0.05, 0.1) is 7.11 Å². The third-order valence-corrected chi connectivity index (χ3v) is 5.86. The molecule has 2 aromatic rings. The normalized spacial score (nSPS) is 12.4. The average molecular weight is 441 g/mol. The van der Waals surface area contributed by atoms with E-state index >= 15 is 0 Å². The second-order valence-corrected chi connectivity index (χ2v) is 8.41. The molecule has 29 heavy (non-hydrogen) atoms. The van der Waals surface area contributed by atoms with E-state index in [-0.39, 0.29) is 22.1 Å². The van der Waals surface area contributed by atoms with E-state index in [0.29, 0.717) is 19.6 Å². The summed E-state index contributed by atoms with van der Waals surface area (Å²) in [6.07, 6.45) is 0.814. The number of sulfonamides is 1. The van der Waals surface area contributed by atoms with Crippen LogP contribution in [0.5, 0.6) is 5.75 Å². The van der Waals surface area contributed by atoms with Gasteiger partial charge in [0.15, 0.2) is 0 Å². The van der Waals surface area contributed by atoms with Crippen molar-refractivity contribution >= 4 is 27.5 Å². The first-order valence-electron chi connectivity index (χ1n) is 9.04. The molecule has 0 aromatic heterocycles. The lowest BCUT2D eigenvalue weighted by molar-refractivity contribution is -0.122. The first kappa shape index (κ1) is 23.2. The molecule has 158 valence electrons. The van der Waals surface area contributed by atoms with Crippen molar-refractivity contribution in [1.29, 1.82) is 0 Å². The van der Waals surface area contributed by atoms with Gasteiger partial charge in [0.2, 0.25) is 15.9 Å². The Bertz CT molecular complexity index is 906. The molecule has 0 fully saturated rings. The van der Waals surface area contributed by atoms with Gasteiger partial charge in [-0.05, 0) is 36.6 Å². The Hall–Kier alpha value is -2.13. The highest BCUT2D eigenvalue weighted by Gasteiger charge is 2.28. The Labute approximate surface area is 176 Å². The summed E-state index contributed by atoms with van der Waals surface area (Å²) in [6, 6.07) is 12.5. The zero-order chi connectivity index (χ0) is 21.3. The highest BCUT2D eigenvalue weighted by atomic mass is 35.5. The zero-order valence-electron chi connectivity index (χ0n) is 16.4. The number of carbonyl (C=O) groups excluding carboxylic acids is 1. The Balaban J connectivity index is 2.25. The van der Waals surface area contributed by atoms with Crippen molar-refractivity contribution in [2.75, 3.05) is 27.4 Å². The first-order valence-corrected chi connectivity index (χ1v) is 10.9. The number of halogens is 1. The Morgan fingerprint density at radius 2 is 1.86 bits per heavy atom. The van der Waals surface area contributed by atoms with Crippen LogP contribution < -0.4 is 14.8 Å². The maximum atomic E-state index is 13.0. The summed E-state index contributed by atoms with van der Waals surface area (Å²) < 4.78 is 38.6. The molecule has 0 bridgehead atoms. The number of nitrogens with one attached hydrogen (secondary N) is 2. The highest BCUT2D eigenvalue weighted by molar-refractivity contribution is 7.89. The fourth-order valence-electron chi connectivity index (χ4n) is 2.70. The van der Waals surface area contributed by atoms with Gasteiger partial charge in [0, 0.05) is 25.3 Å². The van der Waals surface area contributed by atoms with E-state index in [0.717, 1.165) is 5.56 Å². The molecule has 0 heterocycles. The van der Waals surface area contributed by atoms with Gasteiger partial charge in [-0.1, -0.05) is 41.9 Å². The van der Waals surface area contributed by atoms with Crippen molar-refractivity contribution in [1.82, 2.24) is 10.0 Å². The monoisotopic (exact) mass is 440 g/mol. The van der Waals surface area contributed by atoms with Crippen molar-refractivity contribution in [3.8, 4) is 5.75 Å². The molecule has 0 aliphatic rings. The van der Waals surface area contributed by atoms with Gasteiger partial charge >= 0.3 is 0 Å². The third kappa shape index (κ3) is 7.01. The van der Waals surface area contributed by atoms with E-state index in [4.69, 9.17) is 21.1 Å². The van der Waals surface area contributed by atoms with Crippen molar-refractivity contribution in [2.45, 2.75) is 23.8 Å². The molecule has 1 atom stereocenters. The fraction of sp³-hybridized carbons (Fsp3) is 0.350. The molecule has 2 N–H and O–H groups in total. The smallest absolute Gasteiger partial charge is 0.245 e. The highest BCUT2D eigenvalue weighted by Crippen LogP contribution is 2.27. The quantitative estimate of drug-likeness (QED) is 0.523. The summed E-state index contributed by atoms with van der Waals surface area (Å²) >= 11 is 5.97. The number of ether oxygens (including phenoxy) is 2. The van der Waals surface area contributed by atoms with E-state index in [1.165, 1.54) is 25.3 Å². The second-order valence-electron chi connectivity index (χ2n) is 6.30. The van der Waals surface area contributed by atoms with Gasteiger partial charge in [-0.2, -0.15) is 4.72 Å². The van der Waals surface area contributed by atoms with Crippen molar-refractivity contribution < 1.29 is 22.7 Å². The standard InChI is InChI=1S/C20H25ClN2O5S/c1-27-12-6-11-22-20(24)17(13-15-7-4-3-5-8-15)23-29(25,26)19-14-16(21)9-10-18(19)28-2/h3-5,7-10,14,17,23H,6,11-13H2,1-2H3,(H,22,24)/t17-/m1/s1. The van der Waals surface area contributed by atoms with E-state index in [2.05, 4.69) is 10.0 Å². The minimum atomic E-state index is -4.07. The number of benzene rings is 2. The van der Waals surface area contributed by atoms with Crippen LogP contribution in [0.25, 0.3) is 0 Å². The number of hydrogen-bond donors (Lipinski definition) is 2. The molecule has 0 aliphatic carbocycles. The molecule has 0 aliphatic heterocycles. The predicted molar refractivity (Wildman–Crippen MR) is 112 cm³/mol. The molecule has 0 saturated heterocycles. The lowest BCUT2D eigenvalue weighted by Crippen LogP contribution is -2.48. The van der Waals surface area contributed by atoms with Crippen LogP contribution in [0.4, 0.5) is 0 Å². The molecule has 2 aromatic carbocycles. The molecule has 0 spiro atoms. The van der Waals surface area contributed by atoms with E-state index in [9.17, 15) is 13.2 Å². The van der Waals surface area contributed by atoms with E-state index < -0.39 is 22.0 Å². The average Bonchev–Trinajstić information content (AvgIpc) is 2.71. The van der Waals surface area contributed by atoms with Gasteiger partial charge in [-0.15, -0.1) is 0 Å². The molecular weight excluding hydrogens is 416 g/mol. The third-order valence-electron chi connectivity index (χ3n) is 4.14. The molecule has 0 radical (unpaired) electrons. The number of amides is 1. The summed E-state index contributed by atoms with van der Waals surface area (Å²) in [6.45, 7) is 0.870. The summed E-state index contributed by atoms with van der Waals surface area (Å²) in [5.41, 5.74) is 0.824. The summed E-state index contributed by atoms with van der Waals surface area (Å²) in [4.78, 5) is 12.6. The first-order chi connectivity index (χ1) is 13.9. The summed E-state index contributed by atoms with van der Waals surface area (Å²) in [5.74, 6) is -0.282. The fourth-order valence-corrected chi connectivity index (χ4v) is 4.33. The largest absolute Gasteiger partial charge is 0.495 e. The predicted octanol–water partition coefficient (Wildman–Crippen LogP) is 2.39. The SMILES string of the molecule is COCCCNC(=O)[C@@H](Cc1ccccc1)NS(=O)(=O)c1cc(Cl)ccc1OC. The molecule has 1 amide bonds.